The lowest BCUT2D eigenvalue weighted by atomic mass is 10.1. The van der Waals surface area contributed by atoms with Gasteiger partial charge in [-0.05, 0) is 19.3 Å². The van der Waals surface area contributed by atoms with E-state index in [-0.39, 0.29) is 12.5 Å². The third-order valence-electron chi connectivity index (χ3n) is 2.96. The van der Waals surface area contributed by atoms with Gasteiger partial charge >= 0.3 is 18.1 Å². The van der Waals surface area contributed by atoms with E-state index in [1.807, 2.05) is 13.8 Å². The molecule has 0 aromatic carbocycles. The Hall–Kier alpha value is -0.530. The number of carbonyl (C=O) groups excluding carboxylic acids is 1. The van der Waals surface area contributed by atoms with E-state index < -0.39 is 35.0 Å². The molecule has 0 bridgehead atoms. The van der Waals surface area contributed by atoms with Crippen molar-refractivity contribution in [3.63, 3.8) is 0 Å². The van der Waals surface area contributed by atoms with Gasteiger partial charge in [-0.15, -0.1) is 11.8 Å². The molecule has 1 atom stereocenters. The van der Waals surface area contributed by atoms with Gasteiger partial charge in [-0.1, -0.05) is 27.2 Å². The first-order valence-electron chi connectivity index (χ1n) is 7.11. The van der Waals surface area contributed by atoms with Crippen molar-refractivity contribution in [1.82, 2.24) is 0 Å². The standard InChI is InChI=1S/C14H23F5O2S/c1-5-6-12(4,11(20)21-9-10(2)3)22-8-7-13(15,16)14(17,18)19/h10H,5-9H2,1-4H3. The lowest BCUT2D eigenvalue weighted by Gasteiger charge is -2.28. The molecule has 0 aliphatic carbocycles. The summed E-state index contributed by atoms with van der Waals surface area (Å²) in [5.74, 6) is -5.66. The highest BCUT2D eigenvalue weighted by molar-refractivity contribution is 8.01. The molecule has 0 aromatic rings. The van der Waals surface area contributed by atoms with E-state index in [1.54, 1.807) is 6.92 Å². The van der Waals surface area contributed by atoms with Crippen molar-refractivity contribution in [1.29, 1.82) is 0 Å². The molecule has 0 N–H and O–H groups in total. The number of rotatable bonds is 9. The molecular formula is C14H23F5O2S. The van der Waals surface area contributed by atoms with Gasteiger partial charge in [0.2, 0.25) is 0 Å². The van der Waals surface area contributed by atoms with Crippen LogP contribution in [0.5, 0.6) is 0 Å². The van der Waals surface area contributed by atoms with Crippen LogP contribution in [0, 0.1) is 5.92 Å². The lowest BCUT2D eigenvalue weighted by molar-refractivity contribution is -0.282. The summed E-state index contributed by atoms with van der Waals surface area (Å²) in [5.41, 5.74) is 0. The average molecular weight is 350 g/mol. The minimum absolute atomic E-state index is 0.120. The predicted octanol–water partition coefficient (Wildman–Crippen LogP) is 5.07. The van der Waals surface area contributed by atoms with Crippen LogP contribution >= 0.6 is 11.8 Å². The number of hydrogen-bond acceptors (Lipinski definition) is 3. The highest BCUT2D eigenvalue weighted by Gasteiger charge is 2.56. The van der Waals surface area contributed by atoms with Crippen LogP contribution in [0.1, 0.15) is 47.0 Å². The summed E-state index contributed by atoms with van der Waals surface area (Å²) in [6, 6.07) is 0. The van der Waals surface area contributed by atoms with Crippen molar-refractivity contribution in [3.05, 3.63) is 0 Å². The maximum absolute atomic E-state index is 12.9. The Morgan fingerprint density at radius 3 is 2.09 bits per heavy atom. The van der Waals surface area contributed by atoms with E-state index in [9.17, 15) is 26.7 Å². The molecule has 0 aromatic heterocycles. The Kier molecular flexibility index (Phi) is 8.16. The third kappa shape index (κ3) is 6.71. The summed E-state index contributed by atoms with van der Waals surface area (Å²) >= 11 is 0.797. The van der Waals surface area contributed by atoms with Crippen LogP contribution in [-0.2, 0) is 9.53 Å². The van der Waals surface area contributed by atoms with Gasteiger partial charge in [-0.2, -0.15) is 22.0 Å². The van der Waals surface area contributed by atoms with Crippen LogP contribution in [0.15, 0.2) is 0 Å². The Morgan fingerprint density at radius 2 is 1.68 bits per heavy atom. The van der Waals surface area contributed by atoms with Gasteiger partial charge in [0.15, 0.2) is 0 Å². The minimum Gasteiger partial charge on any atom is -0.464 e. The van der Waals surface area contributed by atoms with Crippen LogP contribution < -0.4 is 0 Å². The second kappa shape index (κ2) is 8.36. The molecule has 1 unspecified atom stereocenters. The van der Waals surface area contributed by atoms with E-state index in [2.05, 4.69) is 0 Å². The summed E-state index contributed by atoms with van der Waals surface area (Å²) in [7, 11) is 0. The summed E-state index contributed by atoms with van der Waals surface area (Å²) in [6.07, 6.45) is -5.97. The summed E-state index contributed by atoms with van der Waals surface area (Å²) in [5, 5.41) is 0. The fourth-order valence-corrected chi connectivity index (χ4v) is 2.99. The Balaban J connectivity index is 4.67. The van der Waals surface area contributed by atoms with Gasteiger partial charge in [0.1, 0.15) is 4.75 Å². The van der Waals surface area contributed by atoms with E-state index in [0.717, 1.165) is 11.8 Å². The number of esters is 1. The van der Waals surface area contributed by atoms with Gasteiger partial charge in [0.25, 0.3) is 0 Å². The van der Waals surface area contributed by atoms with Gasteiger partial charge in [0.05, 0.1) is 6.61 Å². The second-order valence-electron chi connectivity index (χ2n) is 5.77. The topological polar surface area (TPSA) is 26.3 Å². The summed E-state index contributed by atoms with van der Waals surface area (Å²) in [6.45, 7) is 7.22. The van der Waals surface area contributed by atoms with Crippen LogP contribution in [-0.4, -0.2) is 35.2 Å². The molecule has 0 spiro atoms. The number of ether oxygens (including phenoxy) is 1. The fourth-order valence-electron chi connectivity index (χ4n) is 1.65. The minimum atomic E-state index is -5.56. The predicted molar refractivity (Wildman–Crippen MR) is 77.2 cm³/mol. The maximum Gasteiger partial charge on any atom is 0.453 e. The molecule has 0 saturated carbocycles. The zero-order valence-electron chi connectivity index (χ0n) is 13.2. The molecule has 0 aliphatic heterocycles. The van der Waals surface area contributed by atoms with Crippen molar-refractivity contribution in [2.75, 3.05) is 12.4 Å². The zero-order valence-corrected chi connectivity index (χ0v) is 14.0. The molecule has 2 nitrogen and oxygen atoms in total. The normalized spacial score (nSPS) is 15.7. The van der Waals surface area contributed by atoms with Gasteiger partial charge in [-0.25, -0.2) is 0 Å². The zero-order chi connectivity index (χ0) is 17.6. The summed E-state index contributed by atoms with van der Waals surface area (Å²) < 4.78 is 66.1. The van der Waals surface area contributed by atoms with Crippen molar-refractivity contribution in [2.24, 2.45) is 5.92 Å². The van der Waals surface area contributed by atoms with Crippen molar-refractivity contribution in [3.8, 4) is 0 Å². The molecule has 0 amide bonds. The fraction of sp³-hybridized carbons (Fsp3) is 0.929. The second-order valence-corrected chi connectivity index (χ2v) is 7.37. The maximum atomic E-state index is 12.9. The van der Waals surface area contributed by atoms with Crippen molar-refractivity contribution < 1.29 is 31.5 Å². The van der Waals surface area contributed by atoms with E-state index in [0.29, 0.717) is 12.8 Å². The monoisotopic (exact) mass is 350 g/mol. The molecule has 0 heterocycles. The summed E-state index contributed by atoms with van der Waals surface area (Å²) in [4.78, 5) is 12.1. The van der Waals surface area contributed by atoms with Gasteiger partial charge in [-0.3, -0.25) is 4.79 Å². The van der Waals surface area contributed by atoms with Crippen LogP contribution in [0.25, 0.3) is 0 Å². The first-order chi connectivity index (χ1) is 9.85. The molecule has 0 aliphatic rings. The molecule has 22 heavy (non-hydrogen) atoms. The van der Waals surface area contributed by atoms with Crippen LogP contribution in [0.4, 0.5) is 22.0 Å². The molecule has 0 saturated heterocycles. The van der Waals surface area contributed by atoms with Crippen LogP contribution in [0.2, 0.25) is 0 Å². The van der Waals surface area contributed by atoms with Crippen LogP contribution in [0.3, 0.4) is 0 Å². The lowest BCUT2D eigenvalue weighted by Crippen LogP contribution is -2.38. The smallest absolute Gasteiger partial charge is 0.453 e. The van der Waals surface area contributed by atoms with Crippen molar-refractivity contribution >= 4 is 17.7 Å². The highest BCUT2D eigenvalue weighted by atomic mass is 32.2. The first-order valence-corrected chi connectivity index (χ1v) is 8.10. The molecular weight excluding hydrogens is 327 g/mol. The third-order valence-corrected chi connectivity index (χ3v) is 4.37. The number of thioether (sulfide) groups is 1. The van der Waals surface area contributed by atoms with Crippen molar-refractivity contribution in [2.45, 2.75) is 63.8 Å². The number of alkyl halides is 5. The van der Waals surface area contributed by atoms with E-state index in [1.165, 1.54) is 6.92 Å². The SMILES string of the molecule is CCCC(C)(SCCC(F)(F)C(F)(F)F)C(=O)OCC(C)C. The number of carbonyl (C=O) groups is 1. The largest absolute Gasteiger partial charge is 0.464 e. The molecule has 8 heteroatoms. The molecule has 0 rings (SSSR count). The molecule has 132 valence electrons. The van der Waals surface area contributed by atoms with Gasteiger partial charge in [0, 0.05) is 12.2 Å². The molecule has 0 radical (unpaired) electrons. The van der Waals surface area contributed by atoms with E-state index >= 15 is 0 Å². The number of halogens is 5. The Morgan fingerprint density at radius 1 is 1.14 bits per heavy atom. The molecule has 0 fully saturated rings. The Labute approximate surface area is 132 Å². The average Bonchev–Trinajstić information content (AvgIpc) is 2.34. The number of hydrogen-bond donors (Lipinski definition) is 0. The Bertz CT molecular complexity index is 358. The van der Waals surface area contributed by atoms with Gasteiger partial charge < -0.3 is 4.74 Å². The quantitative estimate of drug-likeness (QED) is 0.429. The highest BCUT2D eigenvalue weighted by Crippen LogP contribution is 2.41. The first kappa shape index (κ1) is 21.5. The van der Waals surface area contributed by atoms with E-state index in [4.69, 9.17) is 4.74 Å².